The maximum atomic E-state index is 12.2. The van der Waals surface area contributed by atoms with Gasteiger partial charge in [-0.25, -0.2) is 0 Å². The average Bonchev–Trinajstić information content (AvgIpc) is 2.70. The van der Waals surface area contributed by atoms with Gasteiger partial charge in [-0.1, -0.05) is 25.4 Å². The van der Waals surface area contributed by atoms with Crippen LogP contribution < -0.4 is 0 Å². The molecular formula is C16H24ClN3O2. The summed E-state index contributed by atoms with van der Waals surface area (Å²) in [5.74, 6) is 0.451. The molecule has 1 aromatic heterocycles. The van der Waals surface area contributed by atoms with Gasteiger partial charge < -0.3 is 9.64 Å². The Morgan fingerprint density at radius 3 is 2.91 bits per heavy atom. The molecular weight excluding hydrogens is 302 g/mol. The number of halogens is 1. The molecule has 0 radical (unpaired) electrons. The number of nitrogens with zero attached hydrogens (tertiary/aromatic N) is 3. The fourth-order valence-corrected chi connectivity index (χ4v) is 2.81. The van der Waals surface area contributed by atoms with E-state index in [1.165, 1.54) is 0 Å². The zero-order valence-electron chi connectivity index (χ0n) is 13.7. The van der Waals surface area contributed by atoms with Crippen LogP contribution in [0.1, 0.15) is 32.0 Å². The summed E-state index contributed by atoms with van der Waals surface area (Å²) < 4.78 is 7.24. The molecule has 1 aliphatic rings. The van der Waals surface area contributed by atoms with E-state index in [1.807, 2.05) is 13.8 Å². The van der Waals surface area contributed by atoms with Gasteiger partial charge in [0.2, 0.25) is 5.91 Å². The number of carbonyl (C=O) groups is 1. The molecule has 22 heavy (non-hydrogen) atoms. The molecule has 1 aromatic rings. The quantitative estimate of drug-likeness (QED) is 0.800. The molecule has 0 spiro atoms. The zero-order chi connectivity index (χ0) is 16.3. The first-order valence-electron chi connectivity index (χ1n) is 7.70. The van der Waals surface area contributed by atoms with Crippen molar-refractivity contribution in [1.82, 2.24) is 14.7 Å². The first-order chi connectivity index (χ1) is 10.4. The number of carbonyl (C=O) groups excluding carboxylic acids is 1. The molecule has 0 aromatic carbocycles. The van der Waals surface area contributed by atoms with Crippen molar-refractivity contribution in [1.29, 1.82) is 0 Å². The van der Waals surface area contributed by atoms with Crippen LogP contribution in [0, 0.1) is 12.8 Å². The van der Waals surface area contributed by atoms with Gasteiger partial charge in [-0.3, -0.25) is 9.48 Å². The Labute approximate surface area is 136 Å². The van der Waals surface area contributed by atoms with E-state index in [1.54, 1.807) is 21.7 Å². The minimum atomic E-state index is -0.0118. The van der Waals surface area contributed by atoms with Gasteiger partial charge in [0.05, 0.1) is 18.4 Å². The monoisotopic (exact) mass is 325 g/mol. The summed E-state index contributed by atoms with van der Waals surface area (Å²) in [7, 11) is 0. The van der Waals surface area contributed by atoms with Gasteiger partial charge in [0.1, 0.15) is 5.15 Å². The highest BCUT2D eigenvalue weighted by molar-refractivity contribution is 6.31. The van der Waals surface area contributed by atoms with Crippen LogP contribution in [-0.2, 0) is 16.1 Å². The van der Waals surface area contributed by atoms with Crippen molar-refractivity contribution in [2.75, 3.05) is 19.7 Å². The molecule has 6 heteroatoms. The number of morpholine rings is 1. The lowest BCUT2D eigenvalue weighted by Gasteiger charge is -2.30. The highest BCUT2D eigenvalue weighted by Gasteiger charge is 2.20. The Balaban J connectivity index is 2.09. The van der Waals surface area contributed by atoms with Gasteiger partial charge in [-0.15, -0.1) is 0 Å². The highest BCUT2D eigenvalue weighted by atomic mass is 35.5. The minimum absolute atomic E-state index is 0.0118. The van der Waals surface area contributed by atoms with E-state index in [0.717, 1.165) is 17.8 Å². The largest absolute Gasteiger partial charge is 0.375 e. The van der Waals surface area contributed by atoms with Gasteiger partial charge >= 0.3 is 0 Å². The predicted octanol–water partition coefficient (Wildman–Crippen LogP) is 2.76. The summed E-state index contributed by atoms with van der Waals surface area (Å²) >= 11 is 6.37. The van der Waals surface area contributed by atoms with Crippen LogP contribution in [0.15, 0.2) is 6.08 Å². The van der Waals surface area contributed by atoms with E-state index in [2.05, 4.69) is 18.9 Å². The Bertz CT molecular complexity index is 566. The third-order valence-corrected chi connectivity index (χ3v) is 3.99. The molecule has 1 aliphatic heterocycles. The van der Waals surface area contributed by atoms with Crippen molar-refractivity contribution in [3.8, 4) is 0 Å². The first-order valence-corrected chi connectivity index (χ1v) is 8.07. The zero-order valence-corrected chi connectivity index (χ0v) is 14.4. The SMILES string of the molecule is Cc1nn(CC(C)C)c(Cl)c1/C=C/C(=O)N1CCOC(C)C1. The maximum Gasteiger partial charge on any atom is 0.246 e. The molecule has 122 valence electrons. The van der Waals surface area contributed by atoms with Crippen LogP contribution in [-0.4, -0.2) is 46.4 Å². The second-order valence-electron chi connectivity index (χ2n) is 6.16. The average molecular weight is 326 g/mol. The number of hydrogen-bond acceptors (Lipinski definition) is 3. The molecule has 1 atom stereocenters. The van der Waals surface area contributed by atoms with Gasteiger partial charge in [0.15, 0.2) is 0 Å². The minimum Gasteiger partial charge on any atom is -0.375 e. The second kappa shape index (κ2) is 7.29. The Morgan fingerprint density at radius 2 is 2.27 bits per heavy atom. The number of aryl methyl sites for hydroxylation is 1. The summed E-state index contributed by atoms with van der Waals surface area (Å²) in [6.45, 7) is 10.7. The number of ether oxygens (including phenoxy) is 1. The van der Waals surface area contributed by atoms with Crippen molar-refractivity contribution in [3.05, 3.63) is 22.5 Å². The van der Waals surface area contributed by atoms with E-state index < -0.39 is 0 Å². The Hall–Kier alpha value is -1.33. The van der Waals surface area contributed by atoms with Crippen LogP contribution in [0.2, 0.25) is 5.15 Å². The molecule has 0 N–H and O–H groups in total. The molecule has 2 heterocycles. The summed E-state index contributed by atoms with van der Waals surface area (Å²) in [5, 5.41) is 5.03. The molecule has 0 bridgehead atoms. The molecule has 1 unspecified atom stereocenters. The summed E-state index contributed by atoms with van der Waals surface area (Å²) in [4.78, 5) is 14.0. The van der Waals surface area contributed by atoms with Crippen LogP contribution in [0.25, 0.3) is 6.08 Å². The molecule has 1 fully saturated rings. The number of aromatic nitrogens is 2. The lowest BCUT2D eigenvalue weighted by Crippen LogP contribution is -2.43. The van der Waals surface area contributed by atoms with Crippen molar-refractivity contribution in [2.45, 2.75) is 40.3 Å². The van der Waals surface area contributed by atoms with Crippen molar-refractivity contribution in [3.63, 3.8) is 0 Å². The standard InChI is InChI=1S/C16H24ClN3O2/c1-11(2)9-20-16(17)14(13(4)18-20)5-6-15(21)19-7-8-22-12(3)10-19/h5-6,11-12H,7-10H2,1-4H3/b6-5+. The number of hydrogen-bond donors (Lipinski definition) is 0. The third-order valence-electron chi connectivity index (χ3n) is 3.59. The van der Waals surface area contributed by atoms with E-state index >= 15 is 0 Å². The second-order valence-corrected chi connectivity index (χ2v) is 6.52. The van der Waals surface area contributed by atoms with E-state index in [9.17, 15) is 4.79 Å². The van der Waals surface area contributed by atoms with Crippen LogP contribution >= 0.6 is 11.6 Å². The molecule has 1 saturated heterocycles. The first kappa shape index (κ1) is 17.0. The van der Waals surface area contributed by atoms with Crippen LogP contribution in [0.4, 0.5) is 0 Å². The molecule has 1 amide bonds. The van der Waals surface area contributed by atoms with E-state index in [0.29, 0.717) is 30.8 Å². The normalized spacial score (nSPS) is 19.4. The lowest BCUT2D eigenvalue weighted by molar-refractivity contribution is -0.132. The lowest BCUT2D eigenvalue weighted by atomic mass is 10.2. The van der Waals surface area contributed by atoms with Gasteiger partial charge in [0, 0.05) is 31.3 Å². The Kier molecular flexibility index (Phi) is 5.64. The topological polar surface area (TPSA) is 47.4 Å². The van der Waals surface area contributed by atoms with Crippen molar-refractivity contribution < 1.29 is 9.53 Å². The summed E-state index contributed by atoms with van der Waals surface area (Å²) in [6.07, 6.45) is 3.43. The number of rotatable bonds is 4. The van der Waals surface area contributed by atoms with Crippen molar-refractivity contribution in [2.24, 2.45) is 5.92 Å². The van der Waals surface area contributed by atoms with Crippen LogP contribution in [0.5, 0.6) is 0 Å². The van der Waals surface area contributed by atoms with Gasteiger partial charge in [-0.2, -0.15) is 5.10 Å². The van der Waals surface area contributed by atoms with Crippen LogP contribution in [0.3, 0.4) is 0 Å². The predicted molar refractivity (Wildman–Crippen MR) is 87.8 cm³/mol. The van der Waals surface area contributed by atoms with Gasteiger partial charge in [0.25, 0.3) is 0 Å². The molecule has 0 aliphatic carbocycles. The van der Waals surface area contributed by atoms with E-state index in [4.69, 9.17) is 16.3 Å². The van der Waals surface area contributed by atoms with E-state index in [-0.39, 0.29) is 12.0 Å². The summed E-state index contributed by atoms with van der Waals surface area (Å²) in [6, 6.07) is 0. The number of amides is 1. The van der Waals surface area contributed by atoms with Crippen molar-refractivity contribution >= 4 is 23.6 Å². The Morgan fingerprint density at radius 1 is 1.55 bits per heavy atom. The summed E-state index contributed by atoms with van der Waals surface area (Å²) in [5.41, 5.74) is 1.65. The molecule has 0 saturated carbocycles. The smallest absolute Gasteiger partial charge is 0.246 e. The fourth-order valence-electron chi connectivity index (χ4n) is 2.50. The highest BCUT2D eigenvalue weighted by Crippen LogP contribution is 2.22. The third kappa shape index (κ3) is 4.11. The molecule has 5 nitrogen and oxygen atoms in total. The maximum absolute atomic E-state index is 12.2. The van der Waals surface area contributed by atoms with Gasteiger partial charge in [-0.05, 0) is 25.8 Å². The molecule has 2 rings (SSSR count). The fraction of sp³-hybridized carbons (Fsp3) is 0.625.